The molecule has 17 nitrogen and oxygen atoms in total. The number of cyclic esters (lactones) is 1. The fraction of sp³-hybridized carbons (Fsp3) is 0.816. The monoisotopic (exact) mass is 952 g/mol. The topological polar surface area (TPSA) is 211 Å². The number of nitrogens with zero attached hydrogens (tertiary/aromatic N) is 5. The maximum Gasteiger partial charge on any atom is 0.309 e. The average molecular weight is 952 g/mol. The van der Waals surface area contributed by atoms with Gasteiger partial charge in [0.15, 0.2) is 6.29 Å². The molecule has 18 atom stereocenters. The van der Waals surface area contributed by atoms with E-state index in [1.807, 2.05) is 50.9 Å². The molecule has 3 aliphatic rings. The molecule has 1 aromatic carbocycles. The number of hydrogen-bond acceptors (Lipinski definition) is 16. The predicted molar refractivity (Wildman–Crippen MR) is 247 cm³/mol. The van der Waals surface area contributed by atoms with E-state index in [1.54, 1.807) is 58.4 Å². The fourth-order valence-corrected chi connectivity index (χ4v) is 11.0. The Balaban J connectivity index is 1.43. The SMILES string of the molecule is CC[C@H]1OC(=O)[C@H](C)[C@@H](C2C[C@@](C)(OC)[C@@H](O)[C@H](C)O2)[C@H](C)[C@@H](O[C@@H]2O[C@H](C)C[C@H](N(C)CCc3cn(CCOc4cccc(F)c4)nn3)[C@H]2O)[C@](C)(O)C[C@@H](C)CN(C)[C@H](C)[C@@H](O)[C@]1(C)O. The van der Waals surface area contributed by atoms with Crippen molar-refractivity contribution in [1.29, 1.82) is 0 Å². The van der Waals surface area contributed by atoms with E-state index in [4.69, 9.17) is 28.4 Å². The van der Waals surface area contributed by atoms with Gasteiger partial charge in [0.05, 0.1) is 53.8 Å². The van der Waals surface area contributed by atoms with E-state index in [2.05, 4.69) is 10.3 Å². The van der Waals surface area contributed by atoms with Gasteiger partial charge in [-0.3, -0.25) is 4.79 Å². The third-order valence-corrected chi connectivity index (χ3v) is 15.2. The van der Waals surface area contributed by atoms with Crippen molar-refractivity contribution < 1.29 is 63.1 Å². The smallest absolute Gasteiger partial charge is 0.309 e. The molecule has 0 bridgehead atoms. The van der Waals surface area contributed by atoms with Gasteiger partial charge in [0, 0.05) is 63.3 Å². The molecule has 0 radical (unpaired) electrons. The summed E-state index contributed by atoms with van der Waals surface area (Å²) in [4.78, 5) is 18.5. The van der Waals surface area contributed by atoms with Crippen LogP contribution in [0.25, 0.3) is 0 Å². The Kier molecular flexibility index (Phi) is 18.8. The van der Waals surface area contributed by atoms with E-state index in [0.717, 1.165) is 5.69 Å². The number of carbonyl (C=O) groups excluding carboxylic acids is 1. The number of benzene rings is 1. The molecule has 1 aromatic heterocycles. The molecule has 5 N–H and O–H groups in total. The number of halogens is 1. The summed E-state index contributed by atoms with van der Waals surface area (Å²) in [5, 5.41) is 68.4. The second-order valence-corrected chi connectivity index (χ2v) is 20.8. The van der Waals surface area contributed by atoms with Gasteiger partial charge in [-0.2, -0.15) is 0 Å². The molecule has 0 saturated carbocycles. The first kappa shape index (κ1) is 55.1. The van der Waals surface area contributed by atoms with Crippen LogP contribution in [0.4, 0.5) is 4.39 Å². The van der Waals surface area contributed by atoms with Gasteiger partial charge in [-0.25, -0.2) is 9.07 Å². The number of aliphatic hydroxyl groups is 5. The van der Waals surface area contributed by atoms with E-state index >= 15 is 0 Å². The lowest BCUT2D eigenvalue weighted by Gasteiger charge is -2.51. The molecule has 5 rings (SSSR count). The maximum absolute atomic E-state index is 14.6. The molecule has 0 spiro atoms. The van der Waals surface area contributed by atoms with Crippen LogP contribution in [0.2, 0.25) is 0 Å². The molecule has 382 valence electrons. The first-order valence-electron chi connectivity index (χ1n) is 24.2. The van der Waals surface area contributed by atoms with Gasteiger partial charge in [0.25, 0.3) is 0 Å². The maximum atomic E-state index is 14.6. The van der Waals surface area contributed by atoms with Crippen LogP contribution in [0.5, 0.6) is 5.75 Å². The molecule has 0 amide bonds. The first-order valence-corrected chi connectivity index (χ1v) is 24.2. The number of ether oxygens (including phenoxy) is 6. The van der Waals surface area contributed by atoms with Gasteiger partial charge in [0.1, 0.15) is 48.2 Å². The highest BCUT2D eigenvalue weighted by Crippen LogP contribution is 2.45. The van der Waals surface area contributed by atoms with E-state index in [9.17, 15) is 34.7 Å². The predicted octanol–water partition coefficient (Wildman–Crippen LogP) is 3.60. The number of rotatable bonds is 13. The van der Waals surface area contributed by atoms with Gasteiger partial charge >= 0.3 is 5.97 Å². The normalized spacial score (nSPS) is 41.1. The Morgan fingerprint density at radius 1 is 1.01 bits per heavy atom. The second kappa shape index (κ2) is 22.9. The third-order valence-electron chi connectivity index (χ3n) is 15.2. The Bertz CT molecular complexity index is 1880. The number of hydrogen-bond donors (Lipinski definition) is 5. The van der Waals surface area contributed by atoms with Crippen molar-refractivity contribution in [3.05, 3.63) is 42.0 Å². The van der Waals surface area contributed by atoms with E-state index < -0.39 is 102 Å². The summed E-state index contributed by atoms with van der Waals surface area (Å²) in [6, 6.07) is 4.98. The van der Waals surface area contributed by atoms with Crippen LogP contribution in [0, 0.1) is 29.5 Å². The third kappa shape index (κ3) is 13.1. The van der Waals surface area contributed by atoms with Crippen LogP contribution in [0.1, 0.15) is 101 Å². The van der Waals surface area contributed by atoms with Crippen LogP contribution in [0.3, 0.4) is 0 Å². The largest absolute Gasteiger partial charge is 0.492 e. The van der Waals surface area contributed by atoms with E-state index in [0.29, 0.717) is 38.2 Å². The van der Waals surface area contributed by atoms with Gasteiger partial charge in [-0.05, 0) is 98.9 Å². The van der Waals surface area contributed by atoms with Gasteiger partial charge in [-0.15, -0.1) is 5.10 Å². The number of aliphatic hydroxyl groups excluding tert-OH is 3. The molecule has 3 fully saturated rings. The van der Waals surface area contributed by atoms with Crippen molar-refractivity contribution in [1.82, 2.24) is 24.8 Å². The molecule has 2 aromatic rings. The van der Waals surface area contributed by atoms with Crippen molar-refractivity contribution in [2.24, 2.45) is 23.7 Å². The summed E-state index contributed by atoms with van der Waals surface area (Å²) < 4.78 is 53.0. The highest BCUT2D eigenvalue weighted by molar-refractivity contribution is 5.73. The average Bonchev–Trinajstić information content (AvgIpc) is 3.72. The summed E-state index contributed by atoms with van der Waals surface area (Å²) in [7, 11) is 5.29. The van der Waals surface area contributed by atoms with Crippen LogP contribution in [-0.2, 0) is 41.4 Å². The molecular weight excluding hydrogens is 870 g/mol. The zero-order valence-corrected chi connectivity index (χ0v) is 42.1. The Labute approximate surface area is 397 Å². The summed E-state index contributed by atoms with van der Waals surface area (Å²) in [6.07, 6.45) is -5.05. The minimum absolute atomic E-state index is 0.175. The number of likely N-dealkylation sites (N-methyl/N-ethyl adjacent to an activating group) is 2. The number of carbonyl (C=O) groups is 1. The van der Waals surface area contributed by atoms with Gasteiger partial charge in [-0.1, -0.05) is 39.0 Å². The molecule has 1 unspecified atom stereocenters. The zero-order valence-electron chi connectivity index (χ0n) is 42.1. The summed E-state index contributed by atoms with van der Waals surface area (Å²) in [5.41, 5.74) is -3.72. The van der Waals surface area contributed by atoms with Crippen LogP contribution >= 0.6 is 0 Å². The fourth-order valence-electron chi connectivity index (χ4n) is 11.0. The van der Waals surface area contributed by atoms with Crippen molar-refractivity contribution in [3.63, 3.8) is 0 Å². The van der Waals surface area contributed by atoms with Crippen molar-refractivity contribution in [2.45, 2.75) is 192 Å². The summed E-state index contributed by atoms with van der Waals surface area (Å²) in [6.45, 7) is 19.5. The summed E-state index contributed by atoms with van der Waals surface area (Å²) in [5.74, 6) is -3.10. The number of esters is 1. The van der Waals surface area contributed by atoms with Crippen LogP contribution in [0.15, 0.2) is 30.5 Å². The Morgan fingerprint density at radius 2 is 1.72 bits per heavy atom. The minimum Gasteiger partial charge on any atom is -0.492 e. The van der Waals surface area contributed by atoms with Gasteiger partial charge in [0.2, 0.25) is 0 Å². The molecule has 0 aliphatic carbocycles. The minimum atomic E-state index is -1.82. The van der Waals surface area contributed by atoms with Crippen LogP contribution in [-0.4, -0.2) is 181 Å². The van der Waals surface area contributed by atoms with Crippen molar-refractivity contribution >= 4 is 5.97 Å². The number of aromatic nitrogens is 3. The summed E-state index contributed by atoms with van der Waals surface area (Å²) >= 11 is 0. The van der Waals surface area contributed by atoms with Crippen LogP contribution < -0.4 is 4.74 Å². The lowest BCUT2D eigenvalue weighted by molar-refractivity contribution is -0.302. The molecular formula is C49H82FN5O12. The zero-order chi connectivity index (χ0) is 49.8. The molecule has 4 heterocycles. The van der Waals surface area contributed by atoms with E-state index in [-0.39, 0.29) is 43.7 Å². The Hall–Kier alpha value is -2.88. The highest BCUT2D eigenvalue weighted by atomic mass is 19.1. The lowest BCUT2D eigenvalue weighted by Crippen LogP contribution is -2.62. The second-order valence-electron chi connectivity index (χ2n) is 20.8. The standard InChI is InChI=1S/C49H82FN5O12/c1-14-39-49(10,61)42(57)32(6)54(12)26-28(2)24-47(8,60)44(30(4)40(31(5)45(59)66-39)38-25-48(9,62-13)43(58)33(7)65-38)67-46-41(56)37(22-29(3)64-46)53(11)19-18-35-27-55(52-51-35)20-21-63-36-17-15-16-34(50)23-36/h15-17,23,27-33,37-44,46,56-58,60-61H,14,18-22,24-26H2,1-13H3/t28-,29-,30+,31-,32-,33+,37+,38?,39-,40+,41-,42-,43+,44-,46+,47-,48-,49-/m1/s1. The van der Waals surface area contributed by atoms with E-state index in [1.165, 1.54) is 26.2 Å². The van der Waals surface area contributed by atoms with Crippen molar-refractivity contribution in [2.75, 3.05) is 40.9 Å². The quantitative estimate of drug-likeness (QED) is 0.182. The highest BCUT2D eigenvalue weighted by Gasteiger charge is 2.55. The van der Waals surface area contributed by atoms with Gasteiger partial charge < -0.3 is 63.8 Å². The number of methoxy groups -OCH3 is 1. The molecule has 3 saturated heterocycles. The Morgan fingerprint density at radius 3 is 2.37 bits per heavy atom. The molecule has 3 aliphatic heterocycles. The molecule has 67 heavy (non-hydrogen) atoms. The molecule has 18 heteroatoms. The lowest BCUT2D eigenvalue weighted by atomic mass is 9.68. The first-order chi connectivity index (χ1) is 31.3. The van der Waals surface area contributed by atoms with Crippen molar-refractivity contribution in [3.8, 4) is 5.75 Å².